The molecule has 5 nitrogen and oxygen atoms in total. The number of anilines is 2. The summed E-state index contributed by atoms with van der Waals surface area (Å²) in [6.45, 7) is 1.73. The van der Waals surface area contributed by atoms with Crippen LogP contribution in [-0.4, -0.2) is 46.8 Å². The number of hydrogen-bond donors (Lipinski definition) is 2. The molecule has 1 amide bonds. The van der Waals surface area contributed by atoms with Crippen LogP contribution < -0.4 is 15.5 Å². The lowest BCUT2D eigenvalue weighted by atomic mass is 10.2. The summed E-state index contributed by atoms with van der Waals surface area (Å²) < 4.78 is 4.86. The summed E-state index contributed by atoms with van der Waals surface area (Å²) in [5.74, 6) is 0.0365. The number of rotatable bonds is 8. The van der Waals surface area contributed by atoms with E-state index in [0.717, 1.165) is 11.4 Å². The fraction of sp³-hybridized carbons (Fsp3) is 0.500. The normalized spacial score (nSPS) is 10.1. The van der Waals surface area contributed by atoms with E-state index >= 15 is 0 Å². The number of methoxy groups -OCH3 is 1. The highest BCUT2D eigenvalue weighted by atomic mass is 16.5. The van der Waals surface area contributed by atoms with Gasteiger partial charge in [0.05, 0.1) is 6.61 Å². The van der Waals surface area contributed by atoms with Crippen molar-refractivity contribution in [2.75, 3.05) is 51.1 Å². The van der Waals surface area contributed by atoms with Gasteiger partial charge >= 0.3 is 0 Å². The maximum Gasteiger partial charge on any atom is 0.221 e. The summed E-state index contributed by atoms with van der Waals surface area (Å²) in [6.07, 6.45) is 0.457. The van der Waals surface area contributed by atoms with Gasteiger partial charge in [-0.25, -0.2) is 0 Å². The maximum absolute atomic E-state index is 11.4. The zero-order chi connectivity index (χ0) is 14.1. The average molecular weight is 265 g/mol. The van der Waals surface area contributed by atoms with E-state index in [1.807, 2.05) is 43.3 Å². The fourth-order valence-corrected chi connectivity index (χ4v) is 1.58. The van der Waals surface area contributed by atoms with Crippen LogP contribution in [0.4, 0.5) is 11.4 Å². The molecule has 0 aliphatic carbocycles. The van der Waals surface area contributed by atoms with Gasteiger partial charge in [0.1, 0.15) is 0 Å². The zero-order valence-corrected chi connectivity index (χ0v) is 11.9. The minimum absolute atomic E-state index is 0.0365. The van der Waals surface area contributed by atoms with E-state index in [1.54, 1.807) is 7.11 Å². The quantitative estimate of drug-likeness (QED) is 0.696. The third-order valence-corrected chi connectivity index (χ3v) is 2.69. The summed E-state index contributed by atoms with van der Waals surface area (Å²) >= 11 is 0. The van der Waals surface area contributed by atoms with Crippen LogP contribution in [0.2, 0.25) is 0 Å². The van der Waals surface area contributed by atoms with Gasteiger partial charge in [-0.05, 0) is 24.3 Å². The van der Waals surface area contributed by atoms with Gasteiger partial charge in [-0.3, -0.25) is 4.79 Å². The number of ether oxygens (including phenoxy) is 1. The van der Waals surface area contributed by atoms with Gasteiger partial charge < -0.3 is 20.3 Å². The molecule has 0 bridgehead atoms. The molecule has 0 atom stereocenters. The lowest BCUT2D eigenvalue weighted by Crippen LogP contribution is -2.28. The minimum Gasteiger partial charge on any atom is -0.385 e. The van der Waals surface area contributed by atoms with Crippen molar-refractivity contribution >= 4 is 17.3 Å². The SMILES string of the molecule is COCCNC(=O)CCNc1ccc(N(C)C)cc1. The van der Waals surface area contributed by atoms with Gasteiger partial charge in [0.2, 0.25) is 5.91 Å². The van der Waals surface area contributed by atoms with E-state index in [1.165, 1.54) is 0 Å². The van der Waals surface area contributed by atoms with Crippen molar-refractivity contribution in [3.05, 3.63) is 24.3 Å². The smallest absolute Gasteiger partial charge is 0.221 e. The molecule has 0 fully saturated rings. The highest BCUT2D eigenvalue weighted by Crippen LogP contribution is 2.15. The van der Waals surface area contributed by atoms with Crippen LogP contribution in [-0.2, 0) is 9.53 Å². The molecule has 0 unspecified atom stereocenters. The average Bonchev–Trinajstić information content (AvgIpc) is 2.39. The number of carbonyl (C=O) groups is 1. The fourth-order valence-electron chi connectivity index (χ4n) is 1.58. The summed E-state index contributed by atoms with van der Waals surface area (Å²) in [6, 6.07) is 8.11. The Kier molecular flexibility index (Phi) is 6.74. The predicted molar refractivity (Wildman–Crippen MR) is 78.8 cm³/mol. The summed E-state index contributed by atoms with van der Waals surface area (Å²) in [7, 11) is 5.63. The van der Waals surface area contributed by atoms with Crippen LogP contribution in [0.5, 0.6) is 0 Å². The molecule has 0 aromatic heterocycles. The molecular weight excluding hydrogens is 242 g/mol. The highest BCUT2D eigenvalue weighted by Gasteiger charge is 2.00. The lowest BCUT2D eigenvalue weighted by Gasteiger charge is -2.13. The van der Waals surface area contributed by atoms with Crippen molar-refractivity contribution in [1.82, 2.24) is 5.32 Å². The van der Waals surface area contributed by atoms with E-state index in [9.17, 15) is 4.79 Å². The number of nitrogens with one attached hydrogen (secondary N) is 2. The van der Waals surface area contributed by atoms with Crippen LogP contribution in [0.3, 0.4) is 0 Å². The zero-order valence-electron chi connectivity index (χ0n) is 11.9. The molecule has 106 valence electrons. The van der Waals surface area contributed by atoms with Crippen molar-refractivity contribution in [3.8, 4) is 0 Å². The van der Waals surface area contributed by atoms with Crippen molar-refractivity contribution in [2.24, 2.45) is 0 Å². The van der Waals surface area contributed by atoms with Gasteiger partial charge in [0.15, 0.2) is 0 Å². The predicted octanol–water partition coefficient (Wildman–Crippen LogP) is 1.32. The number of benzene rings is 1. The monoisotopic (exact) mass is 265 g/mol. The van der Waals surface area contributed by atoms with Gasteiger partial charge in [0.25, 0.3) is 0 Å². The molecule has 0 heterocycles. The highest BCUT2D eigenvalue weighted by molar-refractivity contribution is 5.76. The molecule has 0 saturated heterocycles. The molecule has 2 N–H and O–H groups in total. The Balaban J connectivity index is 2.23. The van der Waals surface area contributed by atoms with Crippen molar-refractivity contribution in [3.63, 3.8) is 0 Å². The third-order valence-electron chi connectivity index (χ3n) is 2.69. The van der Waals surface area contributed by atoms with E-state index < -0.39 is 0 Å². The summed E-state index contributed by atoms with van der Waals surface area (Å²) in [5.41, 5.74) is 2.18. The Hall–Kier alpha value is -1.75. The summed E-state index contributed by atoms with van der Waals surface area (Å²) in [5, 5.41) is 6.00. The standard InChI is InChI=1S/C14H23N3O2/c1-17(2)13-6-4-12(5-7-13)15-9-8-14(18)16-10-11-19-3/h4-7,15H,8-11H2,1-3H3,(H,16,18). The maximum atomic E-state index is 11.4. The number of amides is 1. The number of carbonyl (C=O) groups excluding carboxylic acids is 1. The second-order valence-electron chi connectivity index (χ2n) is 4.46. The van der Waals surface area contributed by atoms with Crippen LogP contribution in [0, 0.1) is 0 Å². The van der Waals surface area contributed by atoms with Gasteiger partial charge in [-0.2, -0.15) is 0 Å². The Morgan fingerprint density at radius 3 is 2.47 bits per heavy atom. The number of hydrogen-bond acceptors (Lipinski definition) is 4. The molecule has 1 rings (SSSR count). The third kappa shape index (κ3) is 6.10. The van der Waals surface area contributed by atoms with Gasteiger partial charge in [-0.1, -0.05) is 0 Å². The van der Waals surface area contributed by atoms with Crippen molar-refractivity contribution < 1.29 is 9.53 Å². The van der Waals surface area contributed by atoms with E-state index in [-0.39, 0.29) is 5.91 Å². The molecule has 19 heavy (non-hydrogen) atoms. The van der Waals surface area contributed by atoms with Crippen molar-refractivity contribution in [2.45, 2.75) is 6.42 Å². The molecule has 0 saturated carbocycles. The molecule has 0 spiro atoms. The first-order valence-electron chi connectivity index (χ1n) is 6.40. The minimum atomic E-state index is 0.0365. The van der Waals surface area contributed by atoms with Crippen LogP contribution in [0.15, 0.2) is 24.3 Å². The Morgan fingerprint density at radius 2 is 1.89 bits per heavy atom. The largest absolute Gasteiger partial charge is 0.385 e. The first-order valence-corrected chi connectivity index (χ1v) is 6.40. The van der Waals surface area contributed by atoms with Crippen LogP contribution in [0.1, 0.15) is 6.42 Å². The molecule has 1 aromatic carbocycles. The van der Waals surface area contributed by atoms with E-state index in [2.05, 4.69) is 10.6 Å². The second kappa shape index (κ2) is 8.37. The molecule has 0 aliphatic rings. The summed E-state index contributed by atoms with van der Waals surface area (Å²) in [4.78, 5) is 13.5. The van der Waals surface area contributed by atoms with E-state index in [0.29, 0.717) is 26.1 Å². The van der Waals surface area contributed by atoms with Crippen molar-refractivity contribution in [1.29, 1.82) is 0 Å². The van der Waals surface area contributed by atoms with E-state index in [4.69, 9.17) is 4.74 Å². The molecular formula is C14H23N3O2. The van der Waals surface area contributed by atoms with Gasteiger partial charge in [-0.15, -0.1) is 0 Å². The molecule has 0 aliphatic heterocycles. The topological polar surface area (TPSA) is 53.6 Å². The second-order valence-corrected chi connectivity index (χ2v) is 4.46. The Bertz CT molecular complexity index is 377. The number of nitrogens with zero attached hydrogens (tertiary/aromatic N) is 1. The Labute approximate surface area is 114 Å². The Morgan fingerprint density at radius 1 is 1.21 bits per heavy atom. The van der Waals surface area contributed by atoms with Crippen LogP contribution >= 0.6 is 0 Å². The lowest BCUT2D eigenvalue weighted by molar-refractivity contribution is -0.121. The first-order chi connectivity index (χ1) is 9.13. The first kappa shape index (κ1) is 15.3. The molecule has 1 aromatic rings. The van der Waals surface area contributed by atoms with Gasteiger partial charge in [0, 0.05) is 52.1 Å². The molecule has 5 heteroatoms. The van der Waals surface area contributed by atoms with Crippen LogP contribution in [0.25, 0.3) is 0 Å². The molecule has 0 radical (unpaired) electrons.